The van der Waals surface area contributed by atoms with Gasteiger partial charge < -0.3 is 0 Å². The third-order valence-corrected chi connectivity index (χ3v) is 5.95. The van der Waals surface area contributed by atoms with Crippen LogP contribution in [0, 0.1) is 6.92 Å². The summed E-state index contributed by atoms with van der Waals surface area (Å²) in [6.07, 6.45) is 13.2. The van der Waals surface area contributed by atoms with E-state index < -0.39 is 0 Å². The zero-order chi connectivity index (χ0) is 18.4. The lowest BCUT2D eigenvalue weighted by molar-refractivity contribution is -0.132. The van der Waals surface area contributed by atoms with Crippen molar-refractivity contribution < 1.29 is 4.79 Å². The van der Waals surface area contributed by atoms with E-state index in [9.17, 15) is 4.79 Å². The van der Waals surface area contributed by atoms with Crippen LogP contribution >= 0.6 is 0 Å². The van der Waals surface area contributed by atoms with Gasteiger partial charge in [-0.05, 0) is 51.2 Å². The predicted octanol–water partition coefficient (Wildman–Crippen LogP) is 5.39. The van der Waals surface area contributed by atoms with E-state index in [1.54, 1.807) is 0 Å². The number of aryl methyl sites for hydroxylation is 1. The smallest absolute Gasteiger partial charge is 0.243 e. The summed E-state index contributed by atoms with van der Waals surface area (Å²) in [5.41, 5.74) is 2.91. The van der Waals surface area contributed by atoms with Crippen LogP contribution in [0.4, 0.5) is 0 Å². The van der Waals surface area contributed by atoms with Crippen LogP contribution in [-0.4, -0.2) is 27.2 Å². The minimum absolute atomic E-state index is 0.0200. The predicted molar refractivity (Wildman–Crippen MR) is 106 cm³/mol. The van der Waals surface area contributed by atoms with E-state index >= 15 is 0 Å². The van der Waals surface area contributed by atoms with Crippen molar-refractivity contribution in [1.29, 1.82) is 0 Å². The summed E-state index contributed by atoms with van der Waals surface area (Å²) >= 11 is 0. The summed E-state index contributed by atoms with van der Waals surface area (Å²) in [5.74, 6) is 0.200. The lowest BCUT2D eigenvalue weighted by Gasteiger charge is -2.38. The van der Waals surface area contributed by atoms with Crippen molar-refractivity contribution >= 4 is 11.6 Å². The number of hydrogen-bond acceptors (Lipinski definition) is 3. The molecule has 1 amide bonds. The number of nitrogens with zero attached hydrogens (tertiary/aromatic N) is 3. The Kier molecular flexibility index (Phi) is 6.44. The summed E-state index contributed by atoms with van der Waals surface area (Å²) in [4.78, 5) is 17.4. The first-order valence-electron chi connectivity index (χ1n) is 10.5. The third-order valence-electron chi connectivity index (χ3n) is 5.95. The highest BCUT2D eigenvalue weighted by atomic mass is 16.2. The Labute approximate surface area is 158 Å². The monoisotopic (exact) mass is 355 g/mol. The molecule has 0 atom stereocenters. The molecule has 0 unspecified atom stereocenters. The Morgan fingerprint density at radius 3 is 2.69 bits per heavy atom. The Bertz CT molecular complexity index is 647. The lowest BCUT2D eigenvalue weighted by Crippen LogP contribution is -2.44. The fraction of sp³-hybridized carbons (Fsp3) is 0.682. The molecule has 1 aromatic heterocycles. The van der Waals surface area contributed by atoms with Crippen LogP contribution in [0.5, 0.6) is 0 Å². The van der Waals surface area contributed by atoms with E-state index in [-0.39, 0.29) is 11.4 Å². The van der Waals surface area contributed by atoms with Crippen molar-refractivity contribution in [2.45, 2.75) is 96.4 Å². The summed E-state index contributed by atoms with van der Waals surface area (Å²) in [6, 6.07) is 6.10. The summed E-state index contributed by atoms with van der Waals surface area (Å²) in [7, 11) is 0. The molecule has 0 aromatic carbocycles. The summed E-state index contributed by atoms with van der Waals surface area (Å²) < 4.78 is 0. The van der Waals surface area contributed by atoms with Gasteiger partial charge in [0.1, 0.15) is 0 Å². The molecular formula is C22H33N3O. The Hall–Kier alpha value is -1.71. The van der Waals surface area contributed by atoms with Gasteiger partial charge in [-0.3, -0.25) is 9.78 Å². The second kappa shape index (κ2) is 8.79. The molecule has 1 saturated carbocycles. The molecule has 4 heteroatoms. The highest BCUT2D eigenvalue weighted by molar-refractivity contribution is 5.99. The van der Waals surface area contributed by atoms with E-state index in [4.69, 9.17) is 10.1 Å². The van der Waals surface area contributed by atoms with Crippen molar-refractivity contribution in [3.63, 3.8) is 0 Å². The zero-order valence-corrected chi connectivity index (χ0v) is 16.5. The Morgan fingerprint density at radius 1 is 1.15 bits per heavy atom. The first-order valence-corrected chi connectivity index (χ1v) is 10.5. The topological polar surface area (TPSA) is 45.6 Å². The summed E-state index contributed by atoms with van der Waals surface area (Å²) in [6.45, 7) is 4.24. The second-order valence-corrected chi connectivity index (χ2v) is 8.01. The minimum Gasteiger partial charge on any atom is -0.273 e. The first-order chi connectivity index (χ1) is 12.6. The van der Waals surface area contributed by atoms with Gasteiger partial charge in [0.25, 0.3) is 0 Å². The van der Waals surface area contributed by atoms with Gasteiger partial charge in [0.2, 0.25) is 5.91 Å². The third kappa shape index (κ3) is 4.33. The van der Waals surface area contributed by atoms with Crippen molar-refractivity contribution in [1.82, 2.24) is 9.99 Å². The molecule has 1 aliphatic carbocycles. The molecule has 0 bridgehead atoms. The molecule has 4 nitrogen and oxygen atoms in total. The van der Waals surface area contributed by atoms with Gasteiger partial charge in [-0.25, -0.2) is 5.01 Å². The molecule has 1 spiro atoms. The average Bonchev–Trinajstić information content (AvgIpc) is 2.94. The van der Waals surface area contributed by atoms with E-state index in [1.165, 1.54) is 38.5 Å². The normalized spacial score (nSPS) is 20.2. The number of rotatable bonds is 7. The van der Waals surface area contributed by atoms with Crippen LogP contribution in [0.25, 0.3) is 0 Å². The molecule has 2 fully saturated rings. The number of hydrazone groups is 1. The van der Waals surface area contributed by atoms with E-state index in [0.29, 0.717) is 6.42 Å². The Morgan fingerprint density at radius 2 is 1.96 bits per heavy atom. The van der Waals surface area contributed by atoms with Gasteiger partial charge in [0.15, 0.2) is 0 Å². The largest absolute Gasteiger partial charge is 0.273 e. The average molecular weight is 356 g/mol. The van der Waals surface area contributed by atoms with Crippen LogP contribution in [-0.2, 0) is 4.79 Å². The van der Waals surface area contributed by atoms with Crippen molar-refractivity contribution in [2.24, 2.45) is 5.10 Å². The van der Waals surface area contributed by atoms with Gasteiger partial charge in [0, 0.05) is 12.1 Å². The summed E-state index contributed by atoms with van der Waals surface area (Å²) in [5, 5.41) is 6.86. The van der Waals surface area contributed by atoms with Crippen LogP contribution in [0.1, 0.15) is 95.4 Å². The van der Waals surface area contributed by atoms with Crippen LogP contribution in [0.3, 0.4) is 0 Å². The van der Waals surface area contributed by atoms with E-state index in [0.717, 1.165) is 49.2 Å². The molecule has 1 saturated heterocycles. The molecule has 142 valence electrons. The molecule has 3 rings (SSSR count). The van der Waals surface area contributed by atoms with E-state index in [2.05, 4.69) is 6.92 Å². The Balaban J connectivity index is 1.87. The number of unbranched alkanes of at least 4 members (excludes halogenated alkanes) is 3. The quantitative estimate of drug-likeness (QED) is 0.486. The van der Waals surface area contributed by atoms with Gasteiger partial charge >= 0.3 is 0 Å². The number of pyridine rings is 1. The van der Waals surface area contributed by atoms with Crippen molar-refractivity contribution in [2.75, 3.05) is 0 Å². The van der Waals surface area contributed by atoms with Crippen LogP contribution in [0.2, 0.25) is 0 Å². The molecule has 2 aliphatic rings. The number of amides is 1. The molecule has 2 heterocycles. The SMILES string of the molecule is CCCCCC/C(=N\N1C(=O)CCC12CCCCC2)c1cccc(C)n1. The standard InChI is InChI=1S/C22H33N3O/c1-3-4-5-7-12-20(19-13-10-11-18(2)23-19)24-25-21(26)14-17-22(25)15-8-6-9-16-22/h10-11,13H,3-9,12,14-17H2,1-2H3/b24-20+. The van der Waals surface area contributed by atoms with Crippen LogP contribution < -0.4 is 0 Å². The second-order valence-electron chi connectivity index (χ2n) is 8.01. The molecule has 0 radical (unpaired) electrons. The van der Waals surface area contributed by atoms with Gasteiger partial charge in [-0.15, -0.1) is 0 Å². The lowest BCUT2D eigenvalue weighted by atomic mass is 9.80. The molecule has 1 aliphatic heterocycles. The van der Waals surface area contributed by atoms with Gasteiger partial charge in [-0.1, -0.05) is 51.5 Å². The molecule has 1 aromatic rings. The molecule has 0 N–H and O–H groups in total. The van der Waals surface area contributed by atoms with Crippen molar-refractivity contribution in [3.8, 4) is 0 Å². The number of aromatic nitrogens is 1. The minimum atomic E-state index is -0.0200. The fourth-order valence-electron chi connectivity index (χ4n) is 4.42. The highest BCUT2D eigenvalue weighted by Gasteiger charge is 2.46. The van der Waals surface area contributed by atoms with Gasteiger partial charge in [-0.2, -0.15) is 5.10 Å². The molecular weight excluding hydrogens is 322 g/mol. The van der Waals surface area contributed by atoms with Crippen molar-refractivity contribution in [3.05, 3.63) is 29.6 Å². The number of carbonyl (C=O) groups excluding carboxylic acids is 1. The zero-order valence-electron chi connectivity index (χ0n) is 16.5. The van der Waals surface area contributed by atoms with E-state index in [1.807, 2.05) is 30.1 Å². The number of carbonyl (C=O) groups is 1. The number of hydrogen-bond donors (Lipinski definition) is 0. The maximum absolute atomic E-state index is 12.7. The first kappa shape index (κ1) is 19.1. The van der Waals surface area contributed by atoms with Gasteiger partial charge in [0.05, 0.1) is 16.9 Å². The fourth-order valence-corrected chi connectivity index (χ4v) is 4.42. The molecule has 26 heavy (non-hydrogen) atoms. The maximum atomic E-state index is 12.7. The maximum Gasteiger partial charge on any atom is 0.243 e. The van der Waals surface area contributed by atoms with Crippen LogP contribution in [0.15, 0.2) is 23.3 Å². The highest BCUT2D eigenvalue weighted by Crippen LogP contribution is 2.42.